The molecule has 7 atom stereocenters. The molecule has 2 amide bonds. The fourth-order valence-corrected chi connectivity index (χ4v) is 6.97. The molecule has 1 aromatic carbocycles. The Balaban J connectivity index is 1.36. The largest absolute Gasteiger partial charge is 0.493 e. The predicted molar refractivity (Wildman–Crippen MR) is 150 cm³/mol. The molecule has 8 nitrogen and oxygen atoms in total. The van der Waals surface area contributed by atoms with Crippen LogP contribution in [0.1, 0.15) is 62.4 Å². The Bertz CT molecular complexity index is 1140. The Morgan fingerprint density at radius 1 is 1.10 bits per heavy atom. The van der Waals surface area contributed by atoms with Crippen LogP contribution in [0.2, 0.25) is 0 Å². The minimum Gasteiger partial charge on any atom is -0.493 e. The Kier molecular flexibility index (Phi) is 9.15. The van der Waals surface area contributed by atoms with E-state index in [4.69, 9.17) is 9.47 Å². The molecule has 2 aromatic rings. The van der Waals surface area contributed by atoms with E-state index in [1.807, 2.05) is 25.1 Å². The van der Waals surface area contributed by atoms with Gasteiger partial charge >= 0.3 is 0 Å². The number of aliphatic hydroxyl groups excluding tert-OH is 1. The van der Waals surface area contributed by atoms with Gasteiger partial charge in [0.2, 0.25) is 5.91 Å². The molecule has 3 N–H and O–H groups in total. The van der Waals surface area contributed by atoms with E-state index in [2.05, 4.69) is 29.5 Å². The Morgan fingerprint density at radius 2 is 1.79 bits per heavy atom. The maximum atomic E-state index is 13.2. The van der Waals surface area contributed by atoms with Crippen molar-refractivity contribution >= 4 is 11.8 Å². The highest BCUT2D eigenvalue weighted by molar-refractivity contribution is 5.94. The summed E-state index contributed by atoms with van der Waals surface area (Å²) in [5, 5.41) is 18.0. The number of nitrogens with zero attached hydrogens (tertiary/aromatic N) is 1. The van der Waals surface area contributed by atoms with Crippen molar-refractivity contribution in [1.82, 2.24) is 15.6 Å². The molecule has 8 heteroatoms. The highest BCUT2D eigenvalue weighted by Gasteiger charge is 2.53. The van der Waals surface area contributed by atoms with Gasteiger partial charge in [0.15, 0.2) is 11.5 Å². The van der Waals surface area contributed by atoms with Gasteiger partial charge in [-0.3, -0.25) is 14.6 Å². The van der Waals surface area contributed by atoms with Gasteiger partial charge in [0.1, 0.15) is 0 Å². The highest BCUT2D eigenvalue weighted by atomic mass is 16.5. The van der Waals surface area contributed by atoms with E-state index in [9.17, 15) is 14.7 Å². The number of ether oxygens (including phenoxy) is 2. The van der Waals surface area contributed by atoms with Gasteiger partial charge in [0.25, 0.3) is 5.91 Å². The Morgan fingerprint density at radius 3 is 2.49 bits per heavy atom. The van der Waals surface area contributed by atoms with Crippen molar-refractivity contribution < 1.29 is 24.2 Å². The summed E-state index contributed by atoms with van der Waals surface area (Å²) in [4.78, 5) is 30.0. The van der Waals surface area contributed by atoms with Gasteiger partial charge in [-0.05, 0) is 85.1 Å². The van der Waals surface area contributed by atoms with E-state index >= 15 is 0 Å². The van der Waals surface area contributed by atoms with E-state index in [0.29, 0.717) is 30.0 Å². The van der Waals surface area contributed by atoms with Crippen LogP contribution in [-0.4, -0.2) is 54.8 Å². The second kappa shape index (κ2) is 12.4. The van der Waals surface area contributed by atoms with Crippen molar-refractivity contribution in [3.63, 3.8) is 0 Å². The summed E-state index contributed by atoms with van der Waals surface area (Å²) in [6, 6.07) is 9.16. The average molecular weight is 538 g/mol. The van der Waals surface area contributed by atoms with Crippen LogP contribution in [-0.2, 0) is 11.2 Å². The van der Waals surface area contributed by atoms with Gasteiger partial charge in [0.05, 0.1) is 20.3 Å². The lowest BCUT2D eigenvalue weighted by atomic mass is 9.51. The number of methoxy groups -OCH3 is 2. The van der Waals surface area contributed by atoms with E-state index in [-0.39, 0.29) is 46.9 Å². The Hall–Kier alpha value is -3.13. The van der Waals surface area contributed by atoms with Crippen molar-refractivity contribution in [2.75, 3.05) is 20.8 Å². The Labute approximate surface area is 231 Å². The van der Waals surface area contributed by atoms with Gasteiger partial charge in [0, 0.05) is 36.5 Å². The number of nitrogens with one attached hydrogen (secondary N) is 2. The molecule has 0 saturated heterocycles. The number of rotatable bonds is 9. The van der Waals surface area contributed by atoms with Crippen molar-refractivity contribution in [3.8, 4) is 11.5 Å². The number of aromatic nitrogens is 1. The van der Waals surface area contributed by atoms with E-state index in [0.717, 1.165) is 31.2 Å². The third-order valence-corrected chi connectivity index (χ3v) is 9.36. The average Bonchev–Trinajstić information content (AvgIpc) is 2.94. The molecule has 2 saturated carbocycles. The lowest BCUT2D eigenvalue weighted by Crippen LogP contribution is -2.58. The number of carbonyl (C=O) groups is 2. The summed E-state index contributed by atoms with van der Waals surface area (Å²) in [5.41, 5.74) is 1.63. The number of aliphatic hydroxyl groups is 1. The standard InChI is InChI=1S/C31H43N3O5/c1-19(29(36)33-17-10-21-6-7-25(38-4)26(18-21)39-5)23-8-13-31(3)14-9-24(20(2)27(31)28(23)35)34-30(37)22-11-15-32-16-12-22/h6-7,11-12,15-16,18-20,23-24,27-28,35H,8-10,13-14,17H2,1-5H3,(H,33,36)(H,34,37)/t19-,20+,23-,24-,27+,28-,31-/m0/s1. The maximum Gasteiger partial charge on any atom is 0.251 e. The zero-order chi connectivity index (χ0) is 28.2. The first-order chi connectivity index (χ1) is 18.7. The fourth-order valence-electron chi connectivity index (χ4n) is 6.97. The summed E-state index contributed by atoms with van der Waals surface area (Å²) in [6.07, 6.45) is 6.91. The summed E-state index contributed by atoms with van der Waals surface area (Å²) in [7, 11) is 3.21. The number of benzene rings is 1. The van der Waals surface area contributed by atoms with Crippen LogP contribution in [0.15, 0.2) is 42.7 Å². The zero-order valence-electron chi connectivity index (χ0n) is 23.8. The van der Waals surface area contributed by atoms with Crippen LogP contribution < -0.4 is 20.1 Å². The lowest BCUT2D eigenvalue weighted by Gasteiger charge is -2.56. The van der Waals surface area contributed by atoms with Gasteiger partial charge in [-0.15, -0.1) is 0 Å². The van der Waals surface area contributed by atoms with Crippen molar-refractivity contribution in [1.29, 1.82) is 0 Å². The number of amides is 2. The molecule has 2 fully saturated rings. The highest BCUT2D eigenvalue weighted by Crippen LogP contribution is 2.55. The third kappa shape index (κ3) is 6.21. The van der Waals surface area contributed by atoms with Crippen molar-refractivity contribution in [3.05, 3.63) is 53.9 Å². The molecule has 0 aliphatic heterocycles. The summed E-state index contributed by atoms with van der Waals surface area (Å²) >= 11 is 0. The molecule has 0 radical (unpaired) electrons. The third-order valence-electron chi connectivity index (χ3n) is 9.36. The summed E-state index contributed by atoms with van der Waals surface area (Å²) in [5.74, 6) is 0.863. The lowest BCUT2D eigenvalue weighted by molar-refractivity contribution is -0.141. The van der Waals surface area contributed by atoms with Gasteiger partial charge in [-0.25, -0.2) is 0 Å². The molecule has 0 bridgehead atoms. The topological polar surface area (TPSA) is 110 Å². The van der Waals surface area contributed by atoms with Gasteiger partial charge in [-0.2, -0.15) is 0 Å². The van der Waals surface area contributed by atoms with Crippen LogP contribution in [0.5, 0.6) is 11.5 Å². The zero-order valence-corrected chi connectivity index (χ0v) is 23.8. The van der Waals surface area contributed by atoms with E-state index in [1.165, 1.54) is 0 Å². The quantitative estimate of drug-likeness (QED) is 0.446. The minimum atomic E-state index is -0.606. The van der Waals surface area contributed by atoms with Crippen LogP contribution in [0.4, 0.5) is 0 Å². The molecule has 1 heterocycles. The molecular formula is C31H43N3O5. The number of hydrogen-bond acceptors (Lipinski definition) is 6. The molecule has 0 unspecified atom stereocenters. The monoisotopic (exact) mass is 537 g/mol. The smallest absolute Gasteiger partial charge is 0.251 e. The van der Waals surface area contributed by atoms with Crippen molar-refractivity contribution in [2.24, 2.45) is 29.1 Å². The SMILES string of the molecule is COc1ccc(CCNC(=O)[C@@H](C)[C@@H]2CC[C@@]3(C)CC[C@H](NC(=O)c4ccncc4)[C@@H](C)[C@@H]3[C@H]2O)cc1OC. The number of hydrogen-bond donors (Lipinski definition) is 3. The molecule has 0 spiro atoms. The maximum absolute atomic E-state index is 13.2. The first-order valence-electron chi connectivity index (χ1n) is 14.1. The van der Waals surface area contributed by atoms with E-state index < -0.39 is 6.10 Å². The number of pyridine rings is 1. The van der Waals surface area contributed by atoms with E-state index in [1.54, 1.807) is 38.7 Å². The van der Waals surface area contributed by atoms with Crippen LogP contribution in [0, 0.1) is 29.1 Å². The second-order valence-corrected chi connectivity index (χ2v) is 11.6. The summed E-state index contributed by atoms with van der Waals surface area (Å²) < 4.78 is 10.7. The first kappa shape index (κ1) is 28.9. The van der Waals surface area contributed by atoms with Gasteiger partial charge < -0.3 is 25.2 Å². The fraction of sp³-hybridized carbons (Fsp3) is 0.581. The molecule has 4 rings (SSSR count). The molecule has 39 heavy (non-hydrogen) atoms. The summed E-state index contributed by atoms with van der Waals surface area (Å²) in [6.45, 7) is 6.84. The number of fused-ring (bicyclic) bond motifs is 1. The second-order valence-electron chi connectivity index (χ2n) is 11.6. The molecular weight excluding hydrogens is 494 g/mol. The molecule has 2 aliphatic rings. The molecule has 2 aliphatic carbocycles. The van der Waals surface area contributed by atoms with Gasteiger partial charge in [-0.1, -0.05) is 26.8 Å². The van der Waals surface area contributed by atoms with Crippen LogP contribution in [0.3, 0.4) is 0 Å². The van der Waals surface area contributed by atoms with Crippen LogP contribution in [0.25, 0.3) is 0 Å². The normalized spacial score (nSPS) is 29.0. The molecule has 212 valence electrons. The first-order valence-corrected chi connectivity index (χ1v) is 14.1. The predicted octanol–water partition coefficient (Wildman–Crippen LogP) is 4.02. The number of carbonyl (C=O) groups excluding carboxylic acids is 2. The minimum absolute atomic E-state index is 0.00313. The van der Waals surface area contributed by atoms with Crippen LogP contribution >= 0.6 is 0 Å². The van der Waals surface area contributed by atoms with Crippen molar-refractivity contribution in [2.45, 2.75) is 65.0 Å². The molecule has 1 aromatic heterocycles.